The van der Waals surface area contributed by atoms with Gasteiger partial charge < -0.3 is 15.2 Å². The van der Waals surface area contributed by atoms with Crippen LogP contribution in [0, 0.1) is 0 Å². The van der Waals surface area contributed by atoms with Crippen LogP contribution in [-0.4, -0.2) is 17.2 Å². The molecule has 0 saturated carbocycles. The number of carbonyl (C=O) groups is 1. The molecule has 3 aromatic rings. The van der Waals surface area contributed by atoms with E-state index in [-0.39, 0.29) is 17.8 Å². The number of phenolic OH excluding ortho intramolecular Hbond substituents is 1. The molecule has 4 nitrogen and oxygen atoms in total. The first kappa shape index (κ1) is 16.2. The van der Waals surface area contributed by atoms with Crippen molar-refractivity contribution in [2.45, 2.75) is 19.1 Å². The summed E-state index contributed by atoms with van der Waals surface area (Å²) in [4.78, 5) is 11.9. The van der Waals surface area contributed by atoms with Gasteiger partial charge in [-0.15, -0.1) is 0 Å². The number of hydrogen-bond acceptors (Lipinski definition) is 4. The molecule has 4 heteroatoms. The number of esters is 1. The number of phenols is 1. The van der Waals surface area contributed by atoms with E-state index in [0.29, 0.717) is 11.3 Å². The van der Waals surface area contributed by atoms with Gasteiger partial charge in [-0.1, -0.05) is 54.6 Å². The maximum absolute atomic E-state index is 11.9. The Morgan fingerprint density at radius 1 is 1.00 bits per heavy atom. The van der Waals surface area contributed by atoms with Crippen LogP contribution in [0.3, 0.4) is 0 Å². The highest BCUT2D eigenvalue weighted by molar-refractivity contribution is 5.91. The standard InChI is InChI=1S/C22H19NO3/c1-14-13-20(26-22(14)25)21(23-18-11-4-5-12-19(18)24)17-10-6-8-15-7-2-3-9-16(15)17/h2-13,20-21,23-24H,1H3/t20-,21-/m0/s1. The fourth-order valence-corrected chi connectivity index (χ4v) is 3.35. The van der Waals surface area contributed by atoms with E-state index >= 15 is 0 Å². The van der Waals surface area contributed by atoms with Crippen molar-refractivity contribution in [3.05, 3.63) is 83.9 Å². The molecule has 4 rings (SSSR count). The average molecular weight is 345 g/mol. The lowest BCUT2D eigenvalue weighted by Gasteiger charge is -2.26. The molecule has 0 unspecified atom stereocenters. The maximum atomic E-state index is 11.9. The highest BCUT2D eigenvalue weighted by Crippen LogP contribution is 2.35. The Bertz CT molecular complexity index is 1000. The van der Waals surface area contributed by atoms with Gasteiger partial charge in [0, 0.05) is 5.57 Å². The Kier molecular flexibility index (Phi) is 4.09. The fourth-order valence-electron chi connectivity index (χ4n) is 3.35. The number of cyclic esters (lactones) is 1. The molecule has 0 radical (unpaired) electrons. The zero-order chi connectivity index (χ0) is 18.1. The lowest BCUT2D eigenvalue weighted by Crippen LogP contribution is -2.25. The number of aromatic hydroxyl groups is 1. The van der Waals surface area contributed by atoms with E-state index in [1.807, 2.05) is 36.4 Å². The van der Waals surface area contributed by atoms with Gasteiger partial charge in [0.2, 0.25) is 0 Å². The summed E-state index contributed by atoms with van der Waals surface area (Å²) in [5.74, 6) is -0.151. The maximum Gasteiger partial charge on any atom is 0.334 e. The Morgan fingerprint density at radius 3 is 2.50 bits per heavy atom. The number of ether oxygens (including phenoxy) is 1. The normalized spacial score (nSPS) is 17.7. The first-order valence-corrected chi connectivity index (χ1v) is 8.55. The molecule has 0 saturated heterocycles. The highest BCUT2D eigenvalue weighted by Gasteiger charge is 2.32. The number of para-hydroxylation sites is 2. The molecule has 3 aromatic carbocycles. The minimum absolute atomic E-state index is 0.155. The van der Waals surface area contributed by atoms with Crippen LogP contribution in [0.15, 0.2) is 78.4 Å². The van der Waals surface area contributed by atoms with E-state index < -0.39 is 6.10 Å². The number of benzene rings is 3. The summed E-state index contributed by atoms with van der Waals surface area (Å²) in [5.41, 5.74) is 2.20. The van der Waals surface area contributed by atoms with E-state index in [0.717, 1.165) is 16.3 Å². The predicted molar refractivity (Wildman–Crippen MR) is 102 cm³/mol. The second-order valence-electron chi connectivity index (χ2n) is 6.43. The summed E-state index contributed by atoms with van der Waals surface area (Å²) in [7, 11) is 0. The van der Waals surface area contributed by atoms with Crippen LogP contribution in [0.1, 0.15) is 18.5 Å². The minimum atomic E-state index is -0.451. The molecule has 2 atom stereocenters. The molecule has 0 aromatic heterocycles. The second kappa shape index (κ2) is 6.56. The molecule has 2 N–H and O–H groups in total. The Morgan fingerprint density at radius 2 is 1.73 bits per heavy atom. The lowest BCUT2D eigenvalue weighted by atomic mass is 9.94. The van der Waals surface area contributed by atoms with Gasteiger partial charge in [-0.05, 0) is 41.5 Å². The first-order valence-electron chi connectivity index (χ1n) is 8.55. The molecule has 0 bridgehead atoms. The molecule has 0 fully saturated rings. The van der Waals surface area contributed by atoms with Crippen molar-refractivity contribution >= 4 is 22.4 Å². The zero-order valence-electron chi connectivity index (χ0n) is 14.3. The number of hydrogen-bond donors (Lipinski definition) is 2. The van der Waals surface area contributed by atoms with Crippen LogP contribution in [0.5, 0.6) is 5.75 Å². The summed E-state index contributed by atoms with van der Waals surface area (Å²) in [6.45, 7) is 1.75. The molecular formula is C22H19NO3. The van der Waals surface area contributed by atoms with Crippen molar-refractivity contribution in [2.75, 3.05) is 5.32 Å². The largest absolute Gasteiger partial charge is 0.506 e. The fraction of sp³-hybridized carbons (Fsp3) is 0.136. The lowest BCUT2D eigenvalue weighted by molar-refractivity contribution is -0.140. The van der Waals surface area contributed by atoms with Crippen molar-refractivity contribution < 1.29 is 14.6 Å². The molecule has 0 spiro atoms. The smallest absolute Gasteiger partial charge is 0.334 e. The minimum Gasteiger partial charge on any atom is -0.506 e. The van der Waals surface area contributed by atoms with Gasteiger partial charge in [-0.3, -0.25) is 0 Å². The van der Waals surface area contributed by atoms with E-state index in [2.05, 4.69) is 23.5 Å². The SMILES string of the molecule is CC1=C[C@@H]([C@@H](Nc2ccccc2O)c2cccc3ccccc23)OC1=O. The third-order valence-corrected chi connectivity index (χ3v) is 4.68. The van der Waals surface area contributed by atoms with Gasteiger partial charge in [0.05, 0.1) is 11.7 Å². The van der Waals surface area contributed by atoms with Crippen LogP contribution in [-0.2, 0) is 9.53 Å². The number of anilines is 1. The molecule has 26 heavy (non-hydrogen) atoms. The summed E-state index contributed by atoms with van der Waals surface area (Å²) in [6.07, 6.45) is 1.38. The van der Waals surface area contributed by atoms with Crippen molar-refractivity contribution in [3.8, 4) is 5.75 Å². The van der Waals surface area contributed by atoms with E-state index in [4.69, 9.17) is 4.74 Å². The molecule has 0 aliphatic carbocycles. The van der Waals surface area contributed by atoms with Crippen molar-refractivity contribution in [2.24, 2.45) is 0 Å². The Balaban J connectivity index is 1.82. The summed E-state index contributed by atoms with van der Waals surface area (Å²) < 4.78 is 5.58. The van der Waals surface area contributed by atoms with Gasteiger partial charge in [0.25, 0.3) is 0 Å². The second-order valence-corrected chi connectivity index (χ2v) is 6.43. The number of rotatable bonds is 4. The van der Waals surface area contributed by atoms with E-state index in [9.17, 15) is 9.90 Å². The van der Waals surface area contributed by atoms with Gasteiger partial charge in [-0.2, -0.15) is 0 Å². The summed E-state index contributed by atoms with van der Waals surface area (Å²) in [5, 5.41) is 15.7. The third-order valence-electron chi connectivity index (χ3n) is 4.68. The number of nitrogens with one attached hydrogen (secondary N) is 1. The highest BCUT2D eigenvalue weighted by atomic mass is 16.5. The topological polar surface area (TPSA) is 58.6 Å². The molecule has 1 aliphatic rings. The first-order chi connectivity index (χ1) is 12.6. The number of carbonyl (C=O) groups excluding carboxylic acids is 1. The molecule has 130 valence electrons. The van der Waals surface area contributed by atoms with Crippen LogP contribution in [0.25, 0.3) is 10.8 Å². The quantitative estimate of drug-likeness (QED) is 0.537. The molecule has 1 heterocycles. The number of fused-ring (bicyclic) bond motifs is 1. The molecular weight excluding hydrogens is 326 g/mol. The van der Waals surface area contributed by atoms with Crippen LogP contribution >= 0.6 is 0 Å². The van der Waals surface area contributed by atoms with Crippen molar-refractivity contribution in [1.82, 2.24) is 0 Å². The zero-order valence-corrected chi connectivity index (χ0v) is 14.3. The van der Waals surface area contributed by atoms with E-state index in [1.165, 1.54) is 0 Å². The van der Waals surface area contributed by atoms with Gasteiger partial charge in [-0.25, -0.2) is 4.79 Å². The van der Waals surface area contributed by atoms with Crippen molar-refractivity contribution in [3.63, 3.8) is 0 Å². The van der Waals surface area contributed by atoms with Crippen LogP contribution in [0.4, 0.5) is 5.69 Å². The molecule has 0 amide bonds. The summed E-state index contributed by atoms with van der Waals surface area (Å²) >= 11 is 0. The molecule has 1 aliphatic heterocycles. The monoisotopic (exact) mass is 345 g/mol. The van der Waals surface area contributed by atoms with E-state index in [1.54, 1.807) is 25.1 Å². The average Bonchev–Trinajstić information content (AvgIpc) is 2.99. The Hall–Kier alpha value is -3.27. The van der Waals surface area contributed by atoms with Crippen molar-refractivity contribution in [1.29, 1.82) is 0 Å². The predicted octanol–water partition coefficient (Wildman–Crippen LogP) is 4.57. The summed E-state index contributed by atoms with van der Waals surface area (Å²) in [6, 6.07) is 20.9. The van der Waals surface area contributed by atoms with Crippen LogP contribution in [0.2, 0.25) is 0 Å². The Labute approximate surface area is 151 Å². The van der Waals surface area contributed by atoms with Crippen LogP contribution < -0.4 is 5.32 Å². The van der Waals surface area contributed by atoms with Gasteiger partial charge in [0.15, 0.2) is 0 Å². The van der Waals surface area contributed by atoms with Gasteiger partial charge in [0.1, 0.15) is 11.9 Å². The van der Waals surface area contributed by atoms with Gasteiger partial charge >= 0.3 is 5.97 Å². The third kappa shape index (κ3) is 2.90.